The zero-order chi connectivity index (χ0) is 12.6. The Morgan fingerprint density at radius 3 is 2.65 bits per heavy atom. The Morgan fingerprint density at radius 1 is 1.41 bits per heavy atom. The van der Waals surface area contributed by atoms with Crippen LogP contribution in [0.3, 0.4) is 0 Å². The lowest BCUT2D eigenvalue weighted by Crippen LogP contribution is -2.31. The van der Waals surface area contributed by atoms with Crippen LogP contribution in [0.2, 0.25) is 0 Å². The number of alkyl halides is 2. The van der Waals surface area contributed by atoms with E-state index in [0.29, 0.717) is 5.69 Å². The van der Waals surface area contributed by atoms with Crippen molar-refractivity contribution < 1.29 is 18.7 Å². The van der Waals surface area contributed by atoms with Crippen LogP contribution in [0.1, 0.15) is 5.69 Å². The number of hydrogen-bond acceptors (Lipinski definition) is 1. The molecule has 2 aromatic rings. The molecule has 1 heterocycles. The fourth-order valence-electron chi connectivity index (χ4n) is 1.82. The van der Waals surface area contributed by atoms with E-state index in [0.717, 1.165) is 10.9 Å². The molecule has 90 valence electrons. The van der Waals surface area contributed by atoms with Crippen LogP contribution < -0.4 is 0 Å². The fraction of sp³-hybridized carbons (Fsp3) is 0.250. The summed E-state index contributed by atoms with van der Waals surface area (Å²) in [6.07, 6.45) is -0.798. The molecule has 1 N–H and O–H groups in total. The largest absolute Gasteiger partial charge is 0.477 e. The van der Waals surface area contributed by atoms with Crippen molar-refractivity contribution in [1.82, 2.24) is 4.57 Å². The molecule has 0 radical (unpaired) electrons. The van der Waals surface area contributed by atoms with Crippen molar-refractivity contribution in [3.05, 3.63) is 36.0 Å². The molecule has 0 spiro atoms. The Labute approximate surface area is 96.3 Å². The number of aromatic nitrogens is 1. The van der Waals surface area contributed by atoms with Gasteiger partial charge in [-0.1, -0.05) is 18.2 Å². The fourth-order valence-corrected chi connectivity index (χ4v) is 1.82. The van der Waals surface area contributed by atoms with Crippen LogP contribution in [-0.4, -0.2) is 21.6 Å². The highest BCUT2D eigenvalue weighted by Gasteiger charge is 2.39. The number of carboxylic acids is 1. The van der Waals surface area contributed by atoms with Gasteiger partial charge in [0.15, 0.2) is 0 Å². The number of rotatable bonds is 3. The van der Waals surface area contributed by atoms with Gasteiger partial charge in [-0.3, -0.25) is 0 Å². The van der Waals surface area contributed by atoms with Crippen molar-refractivity contribution in [2.45, 2.75) is 12.3 Å². The summed E-state index contributed by atoms with van der Waals surface area (Å²) in [7, 11) is 1.65. The van der Waals surface area contributed by atoms with E-state index in [9.17, 15) is 13.6 Å². The number of hydrogen-bond donors (Lipinski definition) is 1. The van der Waals surface area contributed by atoms with Gasteiger partial charge in [0.05, 0.1) is 6.42 Å². The molecule has 0 saturated carbocycles. The van der Waals surface area contributed by atoms with Crippen LogP contribution in [0.5, 0.6) is 0 Å². The summed E-state index contributed by atoms with van der Waals surface area (Å²) in [4.78, 5) is 10.4. The lowest BCUT2D eigenvalue weighted by atomic mass is 10.2. The van der Waals surface area contributed by atoms with Crippen molar-refractivity contribution in [1.29, 1.82) is 0 Å². The van der Waals surface area contributed by atoms with Crippen LogP contribution in [0, 0.1) is 0 Å². The third-order valence-electron chi connectivity index (χ3n) is 2.77. The molecule has 0 atom stereocenters. The van der Waals surface area contributed by atoms with E-state index < -0.39 is 18.3 Å². The van der Waals surface area contributed by atoms with Crippen LogP contribution >= 0.6 is 0 Å². The average Bonchev–Trinajstić information content (AvgIpc) is 2.56. The third-order valence-corrected chi connectivity index (χ3v) is 2.77. The van der Waals surface area contributed by atoms with Crippen molar-refractivity contribution in [2.75, 3.05) is 0 Å². The third kappa shape index (κ3) is 2.00. The number of para-hydroxylation sites is 1. The highest BCUT2D eigenvalue weighted by Crippen LogP contribution is 2.25. The van der Waals surface area contributed by atoms with Crippen LogP contribution in [0.15, 0.2) is 30.3 Å². The quantitative estimate of drug-likeness (QED) is 0.893. The van der Waals surface area contributed by atoms with E-state index in [1.165, 1.54) is 0 Å². The lowest BCUT2D eigenvalue weighted by Gasteiger charge is -2.11. The number of carboxylic acid groups (broad SMARTS) is 1. The standard InChI is InChI=1S/C12H11F2NO2/c1-15-9(7-12(13,14)11(16)17)6-8-4-2-3-5-10(8)15/h2-6H,7H2,1H3,(H,16,17). The summed E-state index contributed by atoms with van der Waals surface area (Å²) in [5.41, 5.74) is 1.11. The Kier molecular flexibility index (Phi) is 2.61. The number of halogens is 2. The molecule has 0 aliphatic carbocycles. The molecule has 17 heavy (non-hydrogen) atoms. The number of aliphatic carboxylic acids is 1. The van der Waals surface area contributed by atoms with Crippen molar-refractivity contribution >= 4 is 16.9 Å². The van der Waals surface area contributed by atoms with Gasteiger partial charge >= 0.3 is 11.9 Å². The summed E-state index contributed by atoms with van der Waals surface area (Å²) in [6, 6.07) is 8.81. The number of fused-ring (bicyclic) bond motifs is 1. The van der Waals surface area contributed by atoms with Crippen molar-refractivity contribution in [2.24, 2.45) is 7.05 Å². The molecule has 0 aliphatic rings. The first-order chi connectivity index (χ1) is 7.92. The van der Waals surface area contributed by atoms with Crippen LogP contribution in [0.25, 0.3) is 10.9 Å². The van der Waals surface area contributed by atoms with Crippen LogP contribution in [-0.2, 0) is 18.3 Å². The lowest BCUT2D eigenvalue weighted by molar-refractivity contribution is -0.164. The second kappa shape index (κ2) is 3.84. The zero-order valence-corrected chi connectivity index (χ0v) is 9.15. The molecule has 2 rings (SSSR count). The summed E-state index contributed by atoms with van der Waals surface area (Å²) < 4.78 is 27.8. The summed E-state index contributed by atoms with van der Waals surface area (Å²) in [6.45, 7) is 0. The molecular formula is C12H11F2NO2. The Hall–Kier alpha value is -1.91. The van der Waals surface area contributed by atoms with Gasteiger partial charge < -0.3 is 9.67 Å². The maximum absolute atomic E-state index is 13.1. The maximum Gasteiger partial charge on any atom is 0.374 e. The molecule has 0 aliphatic heterocycles. The van der Waals surface area contributed by atoms with E-state index in [1.54, 1.807) is 41.9 Å². The number of aryl methyl sites for hydroxylation is 1. The summed E-state index contributed by atoms with van der Waals surface area (Å²) in [5.74, 6) is -5.83. The predicted molar refractivity (Wildman–Crippen MR) is 59.2 cm³/mol. The minimum absolute atomic E-state index is 0.304. The number of carbonyl (C=O) groups is 1. The second-order valence-corrected chi connectivity index (χ2v) is 3.94. The van der Waals surface area contributed by atoms with Gasteiger partial charge in [-0.25, -0.2) is 4.79 Å². The predicted octanol–water partition coefficient (Wildman–Crippen LogP) is 2.44. The van der Waals surface area contributed by atoms with E-state index in [-0.39, 0.29) is 0 Å². The molecule has 0 fully saturated rings. The maximum atomic E-state index is 13.1. The van der Waals surface area contributed by atoms with Crippen LogP contribution in [0.4, 0.5) is 8.78 Å². The van der Waals surface area contributed by atoms with Gasteiger partial charge in [0, 0.05) is 18.3 Å². The van der Waals surface area contributed by atoms with E-state index in [2.05, 4.69) is 0 Å². The smallest absolute Gasteiger partial charge is 0.374 e. The van der Waals surface area contributed by atoms with Crippen molar-refractivity contribution in [3.63, 3.8) is 0 Å². The highest BCUT2D eigenvalue weighted by atomic mass is 19.3. The van der Waals surface area contributed by atoms with Gasteiger partial charge in [0.1, 0.15) is 0 Å². The zero-order valence-electron chi connectivity index (χ0n) is 9.15. The summed E-state index contributed by atoms with van der Waals surface area (Å²) >= 11 is 0. The van der Waals surface area contributed by atoms with E-state index in [4.69, 9.17) is 5.11 Å². The van der Waals surface area contributed by atoms with Gasteiger partial charge in [0.2, 0.25) is 0 Å². The first-order valence-electron chi connectivity index (χ1n) is 5.06. The Morgan fingerprint density at radius 2 is 2.06 bits per heavy atom. The monoisotopic (exact) mass is 239 g/mol. The van der Waals surface area contributed by atoms with Gasteiger partial charge in [-0.15, -0.1) is 0 Å². The van der Waals surface area contributed by atoms with Gasteiger partial charge in [-0.2, -0.15) is 8.78 Å². The molecule has 1 aromatic heterocycles. The van der Waals surface area contributed by atoms with Gasteiger partial charge in [0.25, 0.3) is 0 Å². The van der Waals surface area contributed by atoms with E-state index in [1.807, 2.05) is 0 Å². The normalized spacial score (nSPS) is 11.9. The molecule has 0 unspecified atom stereocenters. The van der Waals surface area contributed by atoms with E-state index >= 15 is 0 Å². The molecule has 5 heteroatoms. The number of benzene rings is 1. The minimum atomic E-state index is -3.73. The first kappa shape index (κ1) is 11.6. The average molecular weight is 239 g/mol. The van der Waals surface area contributed by atoms with Gasteiger partial charge in [-0.05, 0) is 17.5 Å². The molecule has 3 nitrogen and oxygen atoms in total. The molecular weight excluding hydrogens is 228 g/mol. The summed E-state index contributed by atoms with van der Waals surface area (Å²) in [5, 5.41) is 9.23. The molecule has 0 bridgehead atoms. The number of nitrogens with zero attached hydrogens (tertiary/aromatic N) is 1. The molecule has 0 saturated heterocycles. The second-order valence-electron chi connectivity index (χ2n) is 3.94. The Balaban J connectivity index is 2.43. The highest BCUT2D eigenvalue weighted by molar-refractivity contribution is 5.82. The SMILES string of the molecule is Cn1c(CC(F)(F)C(=O)O)cc2ccccc21. The topological polar surface area (TPSA) is 42.2 Å². The Bertz CT molecular complexity index is 575. The molecule has 1 aromatic carbocycles. The first-order valence-corrected chi connectivity index (χ1v) is 5.06. The van der Waals surface area contributed by atoms with Crippen molar-refractivity contribution in [3.8, 4) is 0 Å². The minimum Gasteiger partial charge on any atom is -0.477 e. The molecule has 0 amide bonds.